The van der Waals surface area contributed by atoms with Gasteiger partial charge in [-0.2, -0.15) is 5.10 Å². The fourth-order valence-corrected chi connectivity index (χ4v) is 3.55. The topological polar surface area (TPSA) is 54.4 Å². The van der Waals surface area contributed by atoms with Crippen molar-refractivity contribution in [2.45, 2.75) is 11.8 Å². The molecule has 0 saturated heterocycles. The van der Waals surface area contributed by atoms with Crippen LogP contribution in [0.15, 0.2) is 90.2 Å². The highest BCUT2D eigenvalue weighted by molar-refractivity contribution is 5.87. The van der Waals surface area contributed by atoms with Crippen molar-refractivity contribution < 1.29 is 4.79 Å². The molecule has 3 aromatic rings. The molecule has 0 aliphatic heterocycles. The van der Waals surface area contributed by atoms with Crippen molar-refractivity contribution in [1.29, 1.82) is 0 Å². The third-order valence-corrected chi connectivity index (χ3v) is 4.91. The van der Waals surface area contributed by atoms with Crippen molar-refractivity contribution in [1.82, 2.24) is 10.4 Å². The Morgan fingerprint density at radius 1 is 0.962 bits per heavy atom. The van der Waals surface area contributed by atoms with Crippen LogP contribution in [0.5, 0.6) is 0 Å². The number of carbonyl (C=O) groups excluding carboxylic acids is 1. The Bertz CT molecular complexity index is 868. The lowest BCUT2D eigenvalue weighted by Crippen LogP contribution is -2.25. The predicted molar refractivity (Wildman–Crippen MR) is 102 cm³/mol. The first-order valence-corrected chi connectivity index (χ1v) is 8.66. The summed E-state index contributed by atoms with van der Waals surface area (Å²) >= 11 is 0. The summed E-state index contributed by atoms with van der Waals surface area (Å²) in [6, 6.07) is 26.0. The molecule has 2 aromatic carbocycles. The first kappa shape index (κ1) is 16.2. The molecule has 1 N–H and O–H groups in total. The van der Waals surface area contributed by atoms with Gasteiger partial charge in [0, 0.05) is 11.6 Å². The van der Waals surface area contributed by atoms with E-state index in [4.69, 9.17) is 0 Å². The van der Waals surface area contributed by atoms with Gasteiger partial charge in [0.2, 0.25) is 5.91 Å². The molecule has 1 amide bonds. The lowest BCUT2D eigenvalue weighted by Gasteiger charge is -2.18. The average Bonchev–Trinajstić information content (AvgIpc) is 3.47. The molecule has 1 aliphatic rings. The minimum Gasteiger partial charge on any atom is -0.273 e. The van der Waals surface area contributed by atoms with E-state index in [1.807, 2.05) is 54.6 Å². The van der Waals surface area contributed by atoms with Crippen LogP contribution < -0.4 is 5.43 Å². The zero-order valence-electron chi connectivity index (χ0n) is 14.2. The van der Waals surface area contributed by atoms with Gasteiger partial charge in [0.15, 0.2) is 0 Å². The summed E-state index contributed by atoms with van der Waals surface area (Å²) in [5.41, 5.74) is 5.45. The summed E-state index contributed by atoms with van der Waals surface area (Å²) in [7, 11) is 0. The maximum absolute atomic E-state index is 12.7. The highest BCUT2D eigenvalue weighted by Gasteiger charge is 2.60. The molecule has 1 aliphatic carbocycles. The summed E-state index contributed by atoms with van der Waals surface area (Å²) in [6.07, 6.45) is 4.04. The zero-order chi connectivity index (χ0) is 17.8. The number of amides is 1. The molecule has 4 heteroatoms. The van der Waals surface area contributed by atoms with Gasteiger partial charge < -0.3 is 0 Å². The quantitative estimate of drug-likeness (QED) is 0.570. The standard InChI is InChI=1S/C22H19N3O/c26-21(25-24-16-19-13-7-8-14-23-19)20-15-22(20,17-9-3-1-4-10-17)18-11-5-2-6-12-18/h1-14,16,20H,15H2,(H,25,26)/b24-16-/t20-/m1/s1. The molecule has 1 atom stereocenters. The minimum absolute atomic E-state index is 0.0649. The first-order chi connectivity index (χ1) is 12.8. The largest absolute Gasteiger partial charge is 0.273 e. The van der Waals surface area contributed by atoms with Crippen LogP contribution in [0.2, 0.25) is 0 Å². The Morgan fingerprint density at radius 3 is 2.15 bits per heavy atom. The number of rotatable bonds is 5. The van der Waals surface area contributed by atoms with Gasteiger partial charge in [0.25, 0.3) is 0 Å². The Labute approximate surface area is 152 Å². The van der Waals surface area contributed by atoms with Crippen LogP contribution in [0.1, 0.15) is 23.2 Å². The Kier molecular flexibility index (Phi) is 4.32. The van der Waals surface area contributed by atoms with Crippen LogP contribution >= 0.6 is 0 Å². The Hall–Kier alpha value is -3.27. The second-order valence-corrected chi connectivity index (χ2v) is 6.45. The van der Waals surface area contributed by atoms with Crippen molar-refractivity contribution >= 4 is 12.1 Å². The van der Waals surface area contributed by atoms with Crippen molar-refractivity contribution in [2.24, 2.45) is 11.0 Å². The molecule has 1 heterocycles. The number of aromatic nitrogens is 1. The number of hydrogen-bond acceptors (Lipinski definition) is 3. The molecular formula is C22H19N3O. The fraction of sp³-hybridized carbons (Fsp3) is 0.136. The summed E-state index contributed by atoms with van der Waals surface area (Å²) in [6.45, 7) is 0. The van der Waals surface area contributed by atoms with Crippen molar-refractivity contribution in [3.8, 4) is 0 Å². The van der Waals surface area contributed by atoms with Crippen molar-refractivity contribution in [2.75, 3.05) is 0 Å². The molecule has 4 nitrogen and oxygen atoms in total. The lowest BCUT2D eigenvalue weighted by molar-refractivity contribution is -0.122. The van der Waals surface area contributed by atoms with Crippen LogP contribution in [0, 0.1) is 5.92 Å². The molecule has 128 valence electrons. The molecule has 0 bridgehead atoms. The average molecular weight is 341 g/mol. The van der Waals surface area contributed by atoms with Gasteiger partial charge in [-0.15, -0.1) is 0 Å². The molecule has 1 saturated carbocycles. The number of hydrazone groups is 1. The van der Waals surface area contributed by atoms with E-state index in [-0.39, 0.29) is 17.2 Å². The maximum atomic E-state index is 12.7. The van der Waals surface area contributed by atoms with Crippen molar-refractivity contribution in [3.63, 3.8) is 0 Å². The van der Waals surface area contributed by atoms with Gasteiger partial charge in [0.05, 0.1) is 17.8 Å². The molecule has 26 heavy (non-hydrogen) atoms. The van der Waals surface area contributed by atoms with Gasteiger partial charge in [0.1, 0.15) is 0 Å². The monoisotopic (exact) mass is 341 g/mol. The number of pyridine rings is 1. The summed E-state index contributed by atoms with van der Waals surface area (Å²) in [5, 5.41) is 4.07. The van der Waals surface area contributed by atoms with E-state index in [2.05, 4.69) is 39.8 Å². The van der Waals surface area contributed by atoms with Crippen LogP contribution in [-0.2, 0) is 10.2 Å². The minimum atomic E-state index is -0.271. The zero-order valence-corrected chi connectivity index (χ0v) is 14.2. The molecule has 4 rings (SSSR count). The predicted octanol–water partition coefficient (Wildman–Crippen LogP) is 3.54. The Morgan fingerprint density at radius 2 is 1.58 bits per heavy atom. The first-order valence-electron chi connectivity index (χ1n) is 8.66. The smallest absolute Gasteiger partial charge is 0.244 e. The van der Waals surface area contributed by atoms with E-state index in [0.29, 0.717) is 5.69 Å². The third-order valence-electron chi connectivity index (χ3n) is 4.91. The third kappa shape index (κ3) is 3.02. The lowest BCUT2D eigenvalue weighted by atomic mass is 9.85. The highest BCUT2D eigenvalue weighted by Crippen LogP contribution is 2.58. The molecule has 0 unspecified atom stereocenters. The summed E-state index contributed by atoms with van der Waals surface area (Å²) < 4.78 is 0. The Balaban J connectivity index is 1.55. The van der Waals surface area contributed by atoms with Gasteiger partial charge >= 0.3 is 0 Å². The number of nitrogens with one attached hydrogen (secondary N) is 1. The van der Waals surface area contributed by atoms with Crippen LogP contribution in [0.3, 0.4) is 0 Å². The second-order valence-electron chi connectivity index (χ2n) is 6.45. The van der Waals surface area contributed by atoms with Gasteiger partial charge in [-0.25, -0.2) is 5.43 Å². The van der Waals surface area contributed by atoms with Gasteiger partial charge in [-0.1, -0.05) is 66.7 Å². The molecule has 0 spiro atoms. The van der Waals surface area contributed by atoms with E-state index < -0.39 is 0 Å². The van der Waals surface area contributed by atoms with Gasteiger partial charge in [-0.3, -0.25) is 9.78 Å². The van der Waals surface area contributed by atoms with Crippen molar-refractivity contribution in [3.05, 3.63) is 102 Å². The summed E-state index contributed by atoms with van der Waals surface area (Å²) in [4.78, 5) is 16.9. The second kappa shape index (κ2) is 6.92. The summed E-state index contributed by atoms with van der Waals surface area (Å²) in [5.74, 6) is -0.196. The van der Waals surface area contributed by atoms with Crippen LogP contribution in [-0.4, -0.2) is 17.1 Å². The van der Waals surface area contributed by atoms with E-state index >= 15 is 0 Å². The van der Waals surface area contributed by atoms with E-state index in [1.165, 1.54) is 11.1 Å². The molecular weight excluding hydrogens is 322 g/mol. The van der Waals surface area contributed by atoms with E-state index in [0.717, 1.165) is 6.42 Å². The normalized spacial score (nSPS) is 17.8. The van der Waals surface area contributed by atoms with Crippen LogP contribution in [0.4, 0.5) is 0 Å². The number of benzene rings is 2. The van der Waals surface area contributed by atoms with Gasteiger partial charge in [-0.05, 0) is 29.7 Å². The van der Waals surface area contributed by atoms with E-state index in [9.17, 15) is 4.79 Å². The number of carbonyl (C=O) groups is 1. The maximum Gasteiger partial charge on any atom is 0.244 e. The highest BCUT2D eigenvalue weighted by atomic mass is 16.2. The molecule has 1 fully saturated rings. The van der Waals surface area contributed by atoms with Crippen LogP contribution in [0.25, 0.3) is 0 Å². The number of nitrogens with zero attached hydrogens (tertiary/aromatic N) is 2. The molecule has 0 radical (unpaired) electrons. The number of hydrogen-bond donors (Lipinski definition) is 1. The molecule has 1 aromatic heterocycles. The fourth-order valence-electron chi connectivity index (χ4n) is 3.55. The van der Waals surface area contributed by atoms with E-state index in [1.54, 1.807) is 12.4 Å². The SMILES string of the molecule is O=C(N/N=C\c1ccccn1)[C@H]1CC1(c1ccccc1)c1ccccc1.